The fourth-order valence-electron chi connectivity index (χ4n) is 3.28. The van der Waals surface area contributed by atoms with E-state index in [2.05, 4.69) is 49.1 Å². The molecule has 0 spiro atoms. The summed E-state index contributed by atoms with van der Waals surface area (Å²) in [7, 11) is 3.41. The highest BCUT2D eigenvalue weighted by molar-refractivity contribution is 7.20. The molecule has 1 aromatic carbocycles. The van der Waals surface area contributed by atoms with Gasteiger partial charge in [-0.15, -0.1) is 11.3 Å². The maximum absolute atomic E-state index is 12.5. The lowest BCUT2D eigenvalue weighted by Gasteiger charge is -2.15. The molecule has 0 aliphatic carbocycles. The second kappa shape index (κ2) is 7.62. The molecule has 1 unspecified atom stereocenters. The normalized spacial score (nSPS) is 12.3. The summed E-state index contributed by atoms with van der Waals surface area (Å²) in [5, 5.41) is 0.469. The number of thiophene rings is 1. The molecule has 0 fully saturated rings. The smallest absolute Gasteiger partial charge is 0.348 e. The summed E-state index contributed by atoms with van der Waals surface area (Å²) in [6, 6.07) is 6.45. The minimum atomic E-state index is -0.436. The first-order valence-corrected chi connectivity index (χ1v) is 9.59. The van der Waals surface area contributed by atoms with Gasteiger partial charge in [0.15, 0.2) is 5.82 Å². The van der Waals surface area contributed by atoms with Crippen LogP contribution in [0.3, 0.4) is 0 Å². The predicted octanol–water partition coefficient (Wildman–Crippen LogP) is 1.91. The van der Waals surface area contributed by atoms with Crippen LogP contribution in [0.1, 0.15) is 37.7 Å². The average Bonchev–Trinajstić information content (AvgIpc) is 2.93. The minimum Gasteiger partial charge on any atom is -0.465 e. The largest absolute Gasteiger partial charge is 0.465 e. The van der Waals surface area contributed by atoms with Crippen molar-refractivity contribution in [3.05, 3.63) is 61.5 Å². The van der Waals surface area contributed by atoms with Gasteiger partial charge in [0.05, 0.1) is 19.5 Å². The van der Waals surface area contributed by atoms with Crippen molar-refractivity contribution < 1.29 is 14.4 Å². The fraction of sp³-hybridized carbons (Fsp3) is 0.350. The van der Waals surface area contributed by atoms with Crippen LogP contribution in [-0.4, -0.2) is 30.1 Å². The third-order valence-electron chi connectivity index (χ3n) is 4.68. The molecular formula is C20H24N3O3S+. The van der Waals surface area contributed by atoms with Crippen LogP contribution in [0.15, 0.2) is 23.0 Å². The Hall–Kier alpha value is -2.51. The van der Waals surface area contributed by atoms with E-state index in [1.54, 1.807) is 6.92 Å². The van der Waals surface area contributed by atoms with Crippen LogP contribution >= 0.6 is 11.3 Å². The van der Waals surface area contributed by atoms with Gasteiger partial charge in [-0.2, -0.15) is 0 Å². The number of fused-ring (bicyclic) bond motifs is 1. The summed E-state index contributed by atoms with van der Waals surface area (Å²) in [6.45, 7) is 7.38. The van der Waals surface area contributed by atoms with Gasteiger partial charge in [0.25, 0.3) is 5.56 Å². The SMILES string of the molecule is COC(=O)c1sc2nc(C[NH+](C)Cc3ccc(C)cc3C)[nH]c(=O)c2c1C. The summed E-state index contributed by atoms with van der Waals surface area (Å²) in [5.41, 5.74) is 4.21. The third kappa shape index (κ3) is 3.94. The molecule has 2 heterocycles. The van der Waals surface area contributed by atoms with Gasteiger partial charge in [-0.05, 0) is 31.9 Å². The molecule has 2 aromatic heterocycles. The Balaban J connectivity index is 1.86. The average molecular weight is 386 g/mol. The number of methoxy groups -OCH3 is 1. The van der Waals surface area contributed by atoms with Crippen LogP contribution in [-0.2, 0) is 17.8 Å². The van der Waals surface area contributed by atoms with Crippen molar-refractivity contribution in [2.45, 2.75) is 33.9 Å². The lowest BCUT2D eigenvalue weighted by atomic mass is 10.1. The van der Waals surface area contributed by atoms with Crippen molar-refractivity contribution in [1.29, 1.82) is 0 Å². The molecule has 27 heavy (non-hydrogen) atoms. The zero-order chi connectivity index (χ0) is 19.7. The molecule has 0 radical (unpaired) electrons. The summed E-state index contributed by atoms with van der Waals surface area (Å²) >= 11 is 1.21. The van der Waals surface area contributed by atoms with Crippen molar-refractivity contribution in [2.75, 3.05) is 14.2 Å². The molecule has 7 heteroatoms. The maximum atomic E-state index is 12.5. The Morgan fingerprint density at radius 1 is 1.26 bits per heavy atom. The number of hydrogen-bond acceptors (Lipinski definition) is 5. The number of aromatic amines is 1. The number of aromatic nitrogens is 2. The Morgan fingerprint density at radius 2 is 2.00 bits per heavy atom. The van der Waals surface area contributed by atoms with Gasteiger partial charge in [0.2, 0.25) is 0 Å². The van der Waals surface area contributed by atoms with E-state index >= 15 is 0 Å². The van der Waals surface area contributed by atoms with Gasteiger partial charge < -0.3 is 14.6 Å². The molecule has 0 aliphatic heterocycles. The molecule has 2 N–H and O–H groups in total. The van der Waals surface area contributed by atoms with Crippen molar-refractivity contribution >= 4 is 27.5 Å². The molecule has 0 saturated carbocycles. The van der Waals surface area contributed by atoms with E-state index in [0.717, 1.165) is 6.54 Å². The molecule has 0 aliphatic rings. The molecule has 0 bridgehead atoms. The maximum Gasteiger partial charge on any atom is 0.348 e. The van der Waals surface area contributed by atoms with Crippen molar-refractivity contribution in [3.8, 4) is 0 Å². The predicted molar refractivity (Wildman–Crippen MR) is 107 cm³/mol. The van der Waals surface area contributed by atoms with E-state index in [0.29, 0.717) is 33.0 Å². The van der Waals surface area contributed by atoms with Crippen LogP contribution in [0.4, 0.5) is 0 Å². The molecule has 0 amide bonds. The number of H-pyrrole nitrogens is 1. The van der Waals surface area contributed by atoms with Gasteiger partial charge in [-0.1, -0.05) is 23.8 Å². The zero-order valence-electron chi connectivity index (χ0n) is 16.2. The number of carbonyl (C=O) groups is 1. The van der Waals surface area contributed by atoms with Crippen LogP contribution in [0.5, 0.6) is 0 Å². The van der Waals surface area contributed by atoms with E-state index in [-0.39, 0.29) is 5.56 Å². The first-order valence-electron chi connectivity index (χ1n) is 8.78. The lowest BCUT2D eigenvalue weighted by molar-refractivity contribution is -0.908. The first-order chi connectivity index (χ1) is 12.8. The molecule has 0 saturated heterocycles. The number of quaternary nitrogens is 1. The second-order valence-electron chi connectivity index (χ2n) is 6.98. The van der Waals surface area contributed by atoms with Crippen LogP contribution in [0, 0.1) is 20.8 Å². The van der Waals surface area contributed by atoms with Crippen LogP contribution in [0.25, 0.3) is 10.2 Å². The number of ether oxygens (including phenoxy) is 1. The number of benzene rings is 1. The van der Waals surface area contributed by atoms with Gasteiger partial charge in [0, 0.05) is 5.56 Å². The zero-order valence-corrected chi connectivity index (χ0v) is 17.0. The number of nitrogens with zero attached hydrogens (tertiary/aromatic N) is 1. The molecular weight excluding hydrogens is 362 g/mol. The standard InChI is InChI=1S/C20H23N3O3S/c1-11-6-7-14(12(2)8-11)9-23(4)10-15-21-18(24)16-13(3)17(20(25)26-5)27-19(16)22-15/h6-8H,9-10H2,1-5H3,(H,21,22,24)/p+1. The third-order valence-corrected chi connectivity index (χ3v) is 5.85. The van der Waals surface area contributed by atoms with E-state index < -0.39 is 5.97 Å². The molecule has 142 valence electrons. The Labute approximate surface area is 161 Å². The van der Waals surface area contributed by atoms with E-state index in [4.69, 9.17) is 4.74 Å². The molecule has 1 atom stereocenters. The second-order valence-corrected chi connectivity index (χ2v) is 7.98. The number of hydrogen-bond donors (Lipinski definition) is 2. The van der Waals surface area contributed by atoms with Gasteiger partial charge in [-0.3, -0.25) is 4.79 Å². The molecule has 3 aromatic rings. The highest BCUT2D eigenvalue weighted by atomic mass is 32.1. The van der Waals surface area contributed by atoms with Gasteiger partial charge in [0.1, 0.15) is 22.8 Å². The van der Waals surface area contributed by atoms with Crippen LogP contribution in [0.2, 0.25) is 0 Å². The number of nitrogens with one attached hydrogen (secondary N) is 2. The number of carbonyl (C=O) groups excluding carboxylic acids is 1. The number of rotatable bonds is 5. The van der Waals surface area contributed by atoms with Gasteiger partial charge in [-0.25, -0.2) is 9.78 Å². The van der Waals surface area contributed by atoms with E-state index in [9.17, 15) is 9.59 Å². The Morgan fingerprint density at radius 3 is 2.67 bits per heavy atom. The van der Waals surface area contributed by atoms with E-state index in [1.807, 2.05) is 0 Å². The quantitative estimate of drug-likeness (QED) is 0.657. The fourth-order valence-corrected chi connectivity index (χ4v) is 4.40. The van der Waals surface area contributed by atoms with Crippen molar-refractivity contribution in [1.82, 2.24) is 9.97 Å². The number of esters is 1. The van der Waals surface area contributed by atoms with Gasteiger partial charge >= 0.3 is 5.97 Å². The van der Waals surface area contributed by atoms with Crippen molar-refractivity contribution in [2.24, 2.45) is 0 Å². The van der Waals surface area contributed by atoms with Crippen LogP contribution < -0.4 is 10.5 Å². The summed E-state index contributed by atoms with van der Waals surface area (Å²) in [4.78, 5) is 34.1. The minimum absolute atomic E-state index is 0.210. The van der Waals surface area contributed by atoms with E-state index in [1.165, 1.54) is 40.0 Å². The summed E-state index contributed by atoms with van der Waals surface area (Å²) < 4.78 is 4.79. The molecule has 6 nitrogen and oxygen atoms in total. The number of aryl methyl sites for hydroxylation is 3. The highest BCUT2D eigenvalue weighted by Crippen LogP contribution is 2.27. The summed E-state index contributed by atoms with van der Waals surface area (Å²) in [6.07, 6.45) is 0. The first kappa shape index (κ1) is 19.3. The summed E-state index contributed by atoms with van der Waals surface area (Å²) in [5.74, 6) is 0.182. The van der Waals surface area contributed by atoms with Crippen molar-refractivity contribution in [3.63, 3.8) is 0 Å². The lowest BCUT2D eigenvalue weighted by Crippen LogP contribution is -3.06. The Bertz CT molecular complexity index is 1070. The monoisotopic (exact) mass is 386 g/mol. The Kier molecular flexibility index (Phi) is 5.43. The highest BCUT2D eigenvalue weighted by Gasteiger charge is 2.20. The topological polar surface area (TPSA) is 76.5 Å². The molecule has 3 rings (SSSR count).